The van der Waals surface area contributed by atoms with Crippen molar-refractivity contribution < 1.29 is 9.59 Å². The van der Waals surface area contributed by atoms with Crippen LogP contribution in [-0.2, 0) is 11.2 Å². The van der Waals surface area contributed by atoms with Gasteiger partial charge in [0.1, 0.15) is 0 Å². The first-order valence-corrected chi connectivity index (χ1v) is 8.21. The minimum absolute atomic E-state index is 0.199. The van der Waals surface area contributed by atoms with E-state index in [2.05, 4.69) is 10.6 Å². The number of rotatable bonds is 5. The molecule has 0 unspecified atom stereocenters. The molecular formula is C21H19N3O2. The van der Waals surface area contributed by atoms with Gasteiger partial charge in [-0.05, 0) is 42.0 Å². The van der Waals surface area contributed by atoms with Crippen molar-refractivity contribution in [2.45, 2.75) is 6.42 Å². The largest absolute Gasteiger partial charge is 0.399 e. The molecule has 0 heterocycles. The molecule has 0 atom stereocenters. The van der Waals surface area contributed by atoms with Crippen molar-refractivity contribution >= 4 is 28.9 Å². The van der Waals surface area contributed by atoms with E-state index in [-0.39, 0.29) is 18.2 Å². The molecule has 0 radical (unpaired) electrons. The van der Waals surface area contributed by atoms with Crippen LogP contribution in [0.4, 0.5) is 17.1 Å². The molecule has 5 nitrogen and oxygen atoms in total. The van der Waals surface area contributed by atoms with Crippen molar-refractivity contribution in [3.63, 3.8) is 0 Å². The second-order valence-corrected chi connectivity index (χ2v) is 5.83. The van der Waals surface area contributed by atoms with E-state index in [1.807, 2.05) is 30.3 Å². The van der Waals surface area contributed by atoms with Gasteiger partial charge in [0.05, 0.1) is 17.7 Å². The Morgan fingerprint density at radius 3 is 2.15 bits per heavy atom. The summed E-state index contributed by atoms with van der Waals surface area (Å²) < 4.78 is 0. The molecule has 2 amide bonds. The van der Waals surface area contributed by atoms with Crippen molar-refractivity contribution in [3.8, 4) is 0 Å². The summed E-state index contributed by atoms with van der Waals surface area (Å²) >= 11 is 0. The number of nitrogens with two attached hydrogens (primary N) is 1. The van der Waals surface area contributed by atoms with Gasteiger partial charge in [-0.2, -0.15) is 0 Å². The van der Waals surface area contributed by atoms with Gasteiger partial charge in [-0.3, -0.25) is 9.59 Å². The van der Waals surface area contributed by atoms with Crippen LogP contribution < -0.4 is 16.4 Å². The van der Waals surface area contributed by atoms with Crippen LogP contribution in [0.2, 0.25) is 0 Å². The van der Waals surface area contributed by atoms with Crippen molar-refractivity contribution in [2.75, 3.05) is 16.4 Å². The summed E-state index contributed by atoms with van der Waals surface area (Å²) in [4.78, 5) is 24.9. The van der Waals surface area contributed by atoms with E-state index in [0.29, 0.717) is 22.6 Å². The standard InChI is InChI=1S/C21H19N3O2/c22-16-12-10-15(11-13-16)14-20(25)24-19-9-5-4-8-18(19)21(26)23-17-6-2-1-3-7-17/h1-13H,14,22H2,(H,23,26)(H,24,25). The lowest BCUT2D eigenvalue weighted by atomic mass is 10.1. The summed E-state index contributed by atoms with van der Waals surface area (Å²) in [6.45, 7) is 0. The molecule has 0 spiro atoms. The Labute approximate surface area is 151 Å². The summed E-state index contributed by atoms with van der Waals surface area (Å²) in [5, 5.41) is 5.63. The molecule has 0 fully saturated rings. The van der Waals surface area contributed by atoms with Gasteiger partial charge in [0.15, 0.2) is 0 Å². The number of anilines is 3. The number of nitrogen functional groups attached to an aromatic ring is 1. The summed E-state index contributed by atoms with van der Waals surface area (Å²) in [6, 6.07) is 23.2. The third-order valence-corrected chi connectivity index (χ3v) is 3.82. The quantitative estimate of drug-likeness (QED) is 0.617. The molecule has 130 valence electrons. The van der Waals surface area contributed by atoms with E-state index >= 15 is 0 Å². The van der Waals surface area contributed by atoms with Crippen LogP contribution in [0.15, 0.2) is 78.9 Å². The molecule has 0 aliphatic heterocycles. The zero-order valence-corrected chi connectivity index (χ0v) is 14.1. The monoisotopic (exact) mass is 345 g/mol. The Kier molecular flexibility index (Phi) is 5.29. The number of nitrogens with one attached hydrogen (secondary N) is 2. The van der Waals surface area contributed by atoms with Gasteiger partial charge in [-0.15, -0.1) is 0 Å². The number of hydrogen-bond donors (Lipinski definition) is 3. The number of carbonyl (C=O) groups excluding carboxylic acids is 2. The Morgan fingerprint density at radius 1 is 0.769 bits per heavy atom. The number of amides is 2. The number of para-hydroxylation sites is 2. The fourth-order valence-corrected chi connectivity index (χ4v) is 2.53. The highest BCUT2D eigenvalue weighted by atomic mass is 16.2. The first kappa shape index (κ1) is 17.2. The Hall–Kier alpha value is -3.60. The van der Waals surface area contributed by atoms with Gasteiger partial charge in [0, 0.05) is 11.4 Å². The van der Waals surface area contributed by atoms with Crippen molar-refractivity contribution in [1.29, 1.82) is 0 Å². The topological polar surface area (TPSA) is 84.2 Å². The molecule has 3 aromatic rings. The third kappa shape index (κ3) is 4.48. The average Bonchev–Trinajstić information content (AvgIpc) is 2.65. The van der Waals surface area contributed by atoms with E-state index in [1.54, 1.807) is 48.5 Å². The molecule has 26 heavy (non-hydrogen) atoms. The number of carbonyl (C=O) groups is 2. The van der Waals surface area contributed by atoms with E-state index in [0.717, 1.165) is 5.56 Å². The van der Waals surface area contributed by atoms with Gasteiger partial charge in [0.2, 0.25) is 5.91 Å². The lowest BCUT2D eigenvalue weighted by Crippen LogP contribution is -2.19. The van der Waals surface area contributed by atoms with Crippen LogP contribution in [0.1, 0.15) is 15.9 Å². The molecule has 0 saturated heterocycles. The number of benzene rings is 3. The first-order valence-electron chi connectivity index (χ1n) is 8.21. The molecule has 0 aliphatic carbocycles. The van der Waals surface area contributed by atoms with E-state index in [4.69, 9.17) is 5.73 Å². The molecule has 3 aromatic carbocycles. The minimum Gasteiger partial charge on any atom is -0.399 e. The maximum atomic E-state index is 12.5. The van der Waals surface area contributed by atoms with Crippen molar-refractivity contribution in [3.05, 3.63) is 90.0 Å². The van der Waals surface area contributed by atoms with Crippen molar-refractivity contribution in [1.82, 2.24) is 0 Å². The smallest absolute Gasteiger partial charge is 0.257 e. The van der Waals surface area contributed by atoms with Crippen LogP contribution in [0.25, 0.3) is 0 Å². The fourth-order valence-electron chi connectivity index (χ4n) is 2.53. The van der Waals surface area contributed by atoms with Crippen molar-refractivity contribution in [2.24, 2.45) is 0 Å². The van der Waals surface area contributed by atoms with Gasteiger partial charge >= 0.3 is 0 Å². The molecule has 3 rings (SSSR count). The SMILES string of the molecule is Nc1ccc(CC(=O)Nc2ccccc2C(=O)Nc2ccccc2)cc1. The Balaban J connectivity index is 1.71. The zero-order valence-electron chi connectivity index (χ0n) is 14.1. The molecule has 0 aliphatic rings. The summed E-state index contributed by atoms with van der Waals surface area (Å²) in [7, 11) is 0. The molecule has 4 N–H and O–H groups in total. The van der Waals surface area contributed by atoms with Crippen LogP contribution in [0, 0.1) is 0 Å². The van der Waals surface area contributed by atoms with Crippen LogP contribution in [-0.4, -0.2) is 11.8 Å². The average molecular weight is 345 g/mol. The van der Waals surface area contributed by atoms with Crippen LogP contribution in [0.5, 0.6) is 0 Å². The predicted octanol–water partition coefficient (Wildman–Crippen LogP) is 3.70. The van der Waals surface area contributed by atoms with Crippen LogP contribution >= 0.6 is 0 Å². The van der Waals surface area contributed by atoms with Gasteiger partial charge < -0.3 is 16.4 Å². The summed E-state index contributed by atoms with van der Waals surface area (Å²) in [5.74, 6) is -0.477. The maximum Gasteiger partial charge on any atom is 0.257 e. The van der Waals surface area contributed by atoms with E-state index in [9.17, 15) is 9.59 Å². The van der Waals surface area contributed by atoms with E-state index in [1.165, 1.54) is 0 Å². The van der Waals surface area contributed by atoms with Gasteiger partial charge in [0.25, 0.3) is 5.91 Å². The normalized spacial score (nSPS) is 10.2. The predicted molar refractivity (Wildman–Crippen MR) is 104 cm³/mol. The third-order valence-electron chi connectivity index (χ3n) is 3.82. The highest BCUT2D eigenvalue weighted by molar-refractivity contribution is 6.10. The molecule has 0 saturated carbocycles. The first-order chi connectivity index (χ1) is 12.6. The lowest BCUT2D eigenvalue weighted by molar-refractivity contribution is -0.115. The molecule has 0 bridgehead atoms. The highest BCUT2D eigenvalue weighted by Gasteiger charge is 2.13. The lowest BCUT2D eigenvalue weighted by Gasteiger charge is -2.11. The Morgan fingerprint density at radius 2 is 1.42 bits per heavy atom. The fraction of sp³-hybridized carbons (Fsp3) is 0.0476. The molecule has 0 aromatic heterocycles. The zero-order chi connectivity index (χ0) is 18.4. The number of hydrogen-bond acceptors (Lipinski definition) is 3. The molecular weight excluding hydrogens is 326 g/mol. The maximum absolute atomic E-state index is 12.5. The van der Waals surface area contributed by atoms with Gasteiger partial charge in [-0.25, -0.2) is 0 Å². The second-order valence-electron chi connectivity index (χ2n) is 5.83. The van der Waals surface area contributed by atoms with E-state index < -0.39 is 0 Å². The summed E-state index contributed by atoms with van der Waals surface area (Å²) in [5.41, 5.74) is 8.73. The van der Waals surface area contributed by atoms with Crippen LogP contribution in [0.3, 0.4) is 0 Å². The highest BCUT2D eigenvalue weighted by Crippen LogP contribution is 2.18. The second kappa shape index (κ2) is 7.98. The Bertz CT molecular complexity index is 906. The van der Waals surface area contributed by atoms with Gasteiger partial charge in [-0.1, -0.05) is 42.5 Å². The summed E-state index contributed by atoms with van der Waals surface area (Å²) in [6.07, 6.45) is 0.203. The molecule has 5 heteroatoms. The minimum atomic E-state index is -0.278.